The number of rotatable bonds is 4. The predicted molar refractivity (Wildman–Crippen MR) is 91.7 cm³/mol. The second-order valence-corrected chi connectivity index (χ2v) is 7.37. The van der Waals surface area contributed by atoms with Crippen LogP contribution in [0.3, 0.4) is 0 Å². The van der Waals surface area contributed by atoms with Gasteiger partial charge in [-0.3, -0.25) is 9.52 Å². The molecule has 1 aliphatic rings. The molecule has 1 amide bonds. The Labute approximate surface area is 140 Å². The Bertz CT molecular complexity index is 864. The van der Waals surface area contributed by atoms with E-state index in [-0.39, 0.29) is 23.2 Å². The topological polar surface area (TPSA) is 84.5 Å². The number of nitrogens with one attached hydrogen (secondary N) is 2. The lowest BCUT2D eigenvalue weighted by Crippen LogP contribution is -2.32. The third-order valence-electron chi connectivity index (χ3n) is 3.73. The number of fused-ring (bicyclic) bond motifs is 1. The first-order valence-corrected chi connectivity index (χ1v) is 9.42. The summed E-state index contributed by atoms with van der Waals surface area (Å²) < 4.78 is 30.9. The maximum atomic E-state index is 12.6. The highest BCUT2D eigenvalue weighted by atomic mass is 32.2. The molecule has 0 aliphatic carbocycles. The van der Waals surface area contributed by atoms with Crippen molar-refractivity contribution in [2.45, 2.75) is 12.5 Å². The Morgan fingerprint density at radius 1 is 1.12 bits per heavy atom. The van der Waals surface area contributed by atoms with Gasteiger partial charge in [0.1, 0.15) is 5.75 Å². The average molecular weight is 346 g/mol. The Kier molecular flexibility index (Phi) is 4.44. The molecule has 0 saturated carbocycles. The third-order valence-corrected chi connectivity index (χ3v) is 4.32. The van der Waals surface area contributed by atoms with Crippen LogP contribution in [0.5, 0.6) is 5.75 Å². The Morgan fingerprint density at radius 3 is 2.62 bits per heavy atom. The van der Waals surface area contributed by atoms with E-state index >= 15 is 0 Å². The third kappa shape index (κ3) is 3.68. The van der Waals surface area contributed by atoms with E-state index < -0.39 is 10.0 Å². The molecule has 2 aromatic carbocycles. The maximum absolute atomic E-state index is 12.6. The second kappa shape index (κ2) is 6.52. The highest BCUT2D eigenvalue weighted by molar-refractivity contribution is 7.92. The molecule has 2 N–H and O–H groups in total. The summed E-state index contributed by atoms with van der Waals surface area (Å²) in [6.45, 7) is 0.519. The van der Waals surface area contributed by atoms with Crippen molar-refractivity contribution >= 4 is 21.6 Å². The molecule has 0 saturated heterocycles. The summed E-state index contributed by atoms with van der Waals surface area (Å²) in [5.74, 6) is 0.431. The van der Waals surface area contributed by atoms with Crippen LogP contribution in [-0.4, -0.2) is 27.2 Å². The van der Waals surface area contributed by atoms with Crippen molar-refractivity contribution in [3.05, 3.63) is 59.7 Å². The molecular weight excluding hydrogens is 328 g/mol. The van der Waals surface area contributed by atoms with Crippen LogP contribution in [0.1, 0.15) is 28.4 Å². The van der Waals surface area contributed by atoms with Crippen LogP contribution in [0.4, 0.5) is 5.69 Å². The number of hydrogen-bond donors (Lipinski definition) is 2. The van der Waals surface area contributed by atoms with E-state index in [2.05, 4.69) is 10.0 Å². The van der Waals surface area contributed by atoms with Gasteiger partial charge in [-0.05, 0) is 18.2 Å². The van der Waals surface area contributed by atoms with E-state index in [1.54, 1.807) is 24.3 Å². The Hall–Kier alpha value is -2.54. The summed E-state index contributed by atoms with van der Waals surface area (Å²) >= 11 is 0. The molecule has 0 spiro atoms. The zero-order valence-corrected chi connectivity index (χ0v) is 14.0. The van der Waals surface area contributed by atoms with Crippen LogP contribution in [0.15, 0.2) is 48.5 Å². The summed E-state index contributed by atoms with van der Waals surface area (Å²) in [5.41, 5.74) is 1.47. The number of para-hydroxylation sites is 2. The number of carbonyl (C=O) groups is 1. The Balaban J connectivity index is 1.84. The fourth-order valence-corrected chi connectivity index (χ4v) is 3.28. The number of hydrogen-bond acceptors (Lipinski definition) is 4. The van der Waals surface area contributed by atoms with E-state index in [0.29, 0.717) is 13.0 Å². The van der Waals surface area contributed by atoms with Crippen LogP contribution >= 0.6 is 0 Å². The smallest absolute Gasteiger partial charge is 0.253 e. The quantitative estimate of drug-likeness (QED) is 0.890. The van der Waals surface area contributed by atoms with E-state index in [4.69, 9.17) is 4.74 Å². The molecule has 0 unspecified atom stereocenters. The molecule has 24 heavy (non-hydrogen) atoms. The largest absolute Gasteiger partial charge is 0.493 e. The first-order valence-electron chi connectivity index (χ1n) is 7.53. The van der Waals surface area contributed by atoms with Crippen LogP contribution in [0.2, 0.25) is 0 Å². The van der Waals surface area contributed by atoms with Gasteiger partial charge < -0.3 is 10.1 Å². The van der Waals surface area contributed by atoms with Gasteiger partial charge in [-0.25, -0.2) is 8.42 Å². The van der Waals surface area contributed by atoms with Crippen molar-refractivity contribution < 1.29 is 17.9 Å². The minimum Gasteiger partial charge on any atom is -0.493 e. The van der Waals surface area contributed by atoms with Crippen molar-refractivity contribution in [3.63, 3.8) is 0 Å². The van der Waals surface area contributed by atoms with Crippen molar-refractivity contribution in [3.8, 4) is 5.75 Å². The Morgan fingerprint density at radius 2 is 1.83 bits per heavy atom. The molecule has 0 bridgehead atoms. The molecule has 0 radical (unpaired) electrons. The summed E-state index contributed by atoms with van der Waals surface area (Å²) in [6.07, 6.45) is 1.71. The van der Waals surface area contributed by atoms with Crippen molar-refractivity contribution in [2.75, 3.05) is 17.6 Å². The number of carbonyl (C=O) groups excluding carboxylic acids is 1. The monoisotopic (exact) mass is 346 g/mol. The van der Waals surface area contributed by atoms with Crippen molar-refractivity contribution in [1.29, 1.82) is 0 Å². The molecule has 1 aliphatic heterocycles. The van der Waals surface area contributed by atoms with Crippen LogP contribution < -0.4 is 14.8 Å². The van der Waals surface area contributed by atoms with Crippen molar-refractivity contribution in [2.24, 2.45) is 0 Å². The van der Waals surface area contributed by atoms with E-state index in [1.807, 2.05) is 24.3 Å². The van der Waals surface area contributed by atoms with Gasteiger partial charge in [-0.15, -0.1) is 0 Å². The van der Waals surface area contributed by atoms with E-state index in [1.165, 1.54) is 0 Å². The zero-order valence-electron chi connectivity index (χ0n) is 13.2. The number of anilines is 1. The lowest BCUT2D eigenvalue weighted by molar-refractivity contribution is 0.0925. The normalized spacial score (nSPS) is 16.6. The molecule has 2 aromatic rings. The molecule has 3 rings (SSSR count). The zero-order chi connectivity index (χ0) is 17.2. The standard InChI is InChI=1S/C17H18N2O4S/c1-24(21,22)19-15-8-4-2-7-13(15)17(20)18-14-10-11-23-16-9-5-3-6-12(14)16/h2-9,14,19H,10-11H2,1H3,(H,18,20)/t14-/m0/s1. The van der Waals surface area contributed by atoms with Gasteiger partial charge in [-0.2, -0.15) is 0 Å². The van der Waals surface area contributed by atoms with Gasteiger partial charge in [0.15, 0.2) is 0 Å². The minimum absolute atomic E-state index is 0.172. The minimum atomic E-state index is -3.46. The fraction of sp³-hybridized carbons (Fsp3) is 0.235. The highest BCUT2D eigenvalue weighted by Gasteiger charge is 2.24. The lowest BCUT2D eigenvalue weighted by Gasteiger charge is -2.27. The molecule has 1 heterocycles. The van der Waals surface area contributed by atoms with Gasteiger partial charge >= 0.3 is 0 Å². The second-order valence-electron chi connectivity index (χ2n) is 5.62. The first-order chi connectivity index (χ1) is 11.4. The summed E-state index contributed by atoms with van der Waals surface area (Å²) in [4.78, 5) is 12.6. The summed E-state index contributed by atoms with van der Waals surface area (Å²) in [5, 5.41) is 2.96. The van der Waals surface area contributed by atoms with E-state index in [0.717, 1.165) is 17.6 Å². The molecule has 6 nitrogen and oxygen atoms in total. The van der Waals surface area contributed by atoms with Gasteiger partial charge in [0.05, 0.1) is 30.2 Å². The van der Waals surface area contributed by atoms with Gasteiger partial charge in [-0.1, -0.05) is 30.3 Å². The number of benzene rings is 2. The van der Waals surface area contributed by atoms with Gasteiger partial charge in [0.2, 0.25) is 10.0 Å². The molecular formula is C17H18N2O4S. The number of ether oxygens (including phenoxy) is 1. The SMILES string of the molecule is CS(=O)(=O)Nc1ccccc1C(=O)N[C@H]1CCOc2ccccc21. The summed E-state index contributed by atoms with van der Waals surface area (Å²) in [6, 6.07) is 13.9. The molecule has 126 valence electrons. The fourth-order valence-electron chi connectivity index (χ4n) is 2.70. The lowest BCUT2D eigenvalue weighted by atomic mass is 10.00. The van der Waals surface area contributed by atoms with Crippen molar-refractivity contribution in [1.82, 2.24) is 5.32 Å². The molecule has 0 fully saturated rings. The number of amides is 1. The molecule has 1 atom stereocenters. The van der Waals surface area contributed by atoms with Crippen LogP contribution in [-0.2, 0) is 10.0 Å². The predicted octanol–water partition coefficient (Wildman–Crippen LogP) is 2.31. The van der Waals surface area contributed by atoms with Crippen LogP contribution in [0, 0.1) is 0 Å². The highest BCUT2D eigenvalue weighted by Crippen LogP contribution is 2.32. The number of sulfonamides is 1. The summed E-state index contributed by atoms with van der Waals surface area (Å²) in [7, 11) is -3.46. The first kappa shape index (κ1) is 16.3. The average Bonchev–Trinajstić information content (AvgIpc) is 2.54. The van der Waals surface area contributed by atoms with Crippen LogP contribution in [0.25, 0.3) is 0 Å². The van der Waals surface area contributed by atoms with Gasteiger partial charge in [0, 0.05) is 12.0 Å². The molecule has 0 aromatic heterocycles. The maximum Gasteiger partial charge on any atom is 0.253 e. The molecule has 7 heteroatoms. The van der Waals surface area contributed by atoms with Gasteiger partial charge in [0.25, 0.3) is 5.91 Å². The van der Waals surface area contributed by atoms with E-state index in [9.17, 15) is 13.2 Å².